The van der Waals surface area contributed by atoms with Crippen molar-refractivity contribution in [1.82, 2.24) is 10.2 Å². The summed E-state index contributed by atoms with van der Waals surface area (Å²) in [4.78, 5) is 14.6. The van der Waals surface area contributed by atoms with Gasteiger partial charge in [-0.1, -0.05) is 18.2 Å². The molecule has 1 unspecified atom stereocenters. The van der Waals surface area contributed by atoms with Crippen LogP contribution in [0, 0.1) is 12.3 Å². The highest BCUT2D eigenvalue weighted by molar-refractivity contribution is 5.95. The van der Waals surface area contributed by atoms with E-state index >= 15 is 0 Å². The first-order chi connectivity index (χ1) is 8.70. The summed E-state index contributed by atoms with van der Waals surface area (Å²) in [7, 11) is 0. The van der Waals surface area contributed by atoms with E-state index in [1.165, 1.54) is 6.42 Å². The van der Waals surface area contributed by atoms with Crippen LogP contribution in [0.3, 0.4) is 0 Å². The predicted octanol–water partition coefficient (Wildman–Crippen LogP) is 1.82. The second-order valence-electron chi connectivity index (χ2n) is 5.72. The van der Waals surface area contributed by atoms with Gasteiger partial charge in [0.2, 0.25) is 0 Å². The topological polar surface area (TPSA) is 32.3 Å². The number of amides is 1. The molecule has 3 heteroatoms. The van der Waals surface area contributed by atoms with Crippen molar-refractivity contribution < 1.29 is 4.79 Å². The van der Waals surface area contributed by atoms with Gasteiger partial charge < -0.3 is 10.2 Å². The van der Waals surface area contributed by atoms with Crippen LogP contribution in [0.4, 0.5) is 0 Å². The van der Waals surface area contributed by atoms with E-state index in [0.717, 1.165) is 43.7 Å². The van der Waals surface area contributed by atoms with Crippen molar-refractivity contribution in [1.29, 1.82) is 0 Å². The Hall–Kier alpha value is -1.35. The maximum absolute atomic E-state index is 12.5. The van der Waals surface area contributed by atoms with Crippen LogP contribution in [0.15, 0.2) is 24.3 Å². The summed E-state index contributed by atoms with van der Waals surface area (Å²) in [5, 5.41) is 3.43. The molecule has 1 N–H and O–H groups in total. The first-order valence-electron chi connectivity index (χ1n) is 6.76. The van der Waals surface area contributed by atoms with Gasteiger partial charge >= 0.3 is 0 Å². The first kappa shape index (κ1) is 11.7. The minimum Gasteiger partial charge on any atom is -0.338 e. The molecule has 3 nitrogen and oxygen atoms in total. The van der Waals surface area contributed by atoms with Crippen LogP contribution in [-0.4, -0.2) is 37.0 Å². The zero-order valence-electron chi connectivity index (χ0n) is 10.9. The molecule has 0 aromatic heterocycles. The predicted molar refractivity (Wildman–Crippen MR) is 71.6 cm³/mol. The summed E-state index contributed by atoms with van der Waals surface area (Å²) in [5.74, 6) is 0.205. The van der Waals surface area contributed by atoms with E-state index in [-0.39, 0.29) is 5.91 Å². The number of hydrogen-bond acceptors (Lipinski definition) is 2. The van der Waals surface area contributed by atoms with Gasteiger partial charge in [0, 0.05) is 30.6 Å². The Bertz CT molecular complexity index is 463. The van der Waals surface area contributed by atoms with Crippen LogP contribution in [0.2, 0.25) is 0 Å². The molecule has 1 aromatic carbocycles. The number of benzene rings is 1. The number of likely N-dealkylation sites (tertiary alicyclic amines) is 1. The highest BCUT2D eigenvalue weighted by Gasteiger charge is 2.42. The standard InChI is InChI=1S/C15H20N2O/c1-12-4-2-3-5-13(12)14(18)17-9-7-15(11-17)6-8-16-10-15/h2-5,16H,6-11H2,1H3. The lowest BCUT2D eigenvalue weighted by atomic mass is 9.86. The molecule has 3 rings (SSSR count). The fourth-order valence-electron chi connectivity index (χ4n) is 3.24. The Morgan fingerprint density at radius 1 is 1.33 bits per heavy atom. The lowest BCUT2D eigenvalue weighted by molar-refractivity contribution is 0.0775. The molecule has 1 aromatic rings. The van der Waals surface area contributed by atoms with Crippen LogP contribution >= 0.6 is 0 Å². The van der Waals surface area contributed by atoms with Gasteiger partial charge in [-0.25, -0.2) is 0 Å². The number of nitrogens with one attached hydrogen (secondary N) is 1. The summed E-state index contributed by atoms with van der Waals surface area (Å²) in [6.45, 7) is 6.02. The van der Waals surface area contributed by atoms with Crippen LogP contribution in [0.1, 0.15) is 28.8 Å². The van der Waals surface area contributed by atoms with Crippen molar-refractivity contribution in [3.05, 3.63) is 35.4 Å². The Kier molecular flexibility index (Phi) is 2.86. The van der Waals surface area contributed by atoms with Gasteiger partial charge in [-0.15, -0.1) is 0 Å². The Labute approximate surface area is 108 Å². The van der Waals surface area contributed by atoms with Gasteiger partial charge in [-0.3, -0.25) is 4.79 Å². The molecule has 1 amide bonds. The van der Waals surface area contributed by atoms with E-state index < -0.39 is 0 Å². The molecular weight excluding hydrogens is 224 g/mol. The SMILES string of the molecule is Cc1ccccc1C(=O)N1CCC2(CCNC2)C1. The Morgan fingerprint density at radius 2 is 2.17 bits per heavy atom. The molecule has 96 valence electrons. The molecule has 2 aliphatic rings. The zero-order chi connectivity index (χ0) is 12.6. The van der Waals surface area contributed by atoms with Crippen molar-refractivity contribution >= 4 is 5.91 Å². The van der Waals surface area contributed by atoms with Crippen LogP contribution < -0.4 is 5.32 Å². The third kappa shape index (κ3) is 1.93. The van der Waals surface area contributed by atoms with E-state index in [1.54, 1.807) is 0 Å². The molecule has 2 fully saturated rings. The van der Waals surface area contributed by atoms with E-state index in [9.17, 15) is 4.79 Å². The smallest absolute Gasteiger partial charge is 0.254 e. The normalized spacial score (nSPS) is 27.1. The van der Waals surface area contributed by atoms with Gasteiger partial charge in [0.05, 0.1) is 0 Å². The second kappa shape index (κ2) is 4.39. The summed E-state index contributed by atoms with van der Waals surface area (Å²) in [5.41, 5.74) is 2.30. The number of carbonyl (C=O) groups is 1. The number of aryl methyl sites for hydroxylation is 1. The molecular formula is C15H20N2O. The molecule has 2 saturated heterocycles. The number of hydrogen-bond donors (Lipinski definition) is 1. The van der Waals surface area contributed by atoms with Crippen molar-refractivity contribution in [3.8, 4) is 0 Å². The number of nitrogens with zero attached hydrogens (tertiary/aromatic N) is 1. The number of carbonyl (C=O) groups excluding carboxylic acids is 1. The summed E-state index contributed by atoms with van der Waals surface area (Å²) < 4.78 is 0. The first-order valence-corrected chi connectivity index (χ1v) is 6.76. The molecule has 1 atom stereocenters. The average Bonchev–Trinajstić information content (AvgIpc) is 3.00. The second-order valence-corrected chi connectivity index (χ2v) is 5.72. The van der Waals surface area contributed by atoms with Crippen LogP contribution in [0.25, 0.3) is 0 Å². The van der Waals surface area contributed by atoms with Gasteiger partial charge in [-0.2, -0.15) is 0 Å². The van der Waals surface area contributed by atoms with Gasteiger partial charge in [0.15, 0.2) is 0 Å². The maximum atomic E-state index is 12.5. The summed E-state index contributed by atoms with van der Waals surface area (Å²) in [6, 6.07) is 7.88. The minimum atomic E-state index is 0.205. The third-order valence-corrected chi connectivity index (χ3v) is 4.43. The van der Waals surface area contributed by atoms with Crippen molar-refractivity contribution in [2.45, 2.75) is 19.8 Å². The summed E-state index contributed by atoms with van der Waals surface area (Å²) in [6.07, 6.45) is 2.36. The molecule has 0 radical (unpaired) electrons. The maximum Gasteiger partial charge on any atom is 0.254 e. The minimum absolute atomic E-state index is 0.205. The average molecular weight is 244 g/mol. The molecule has 2 aliphatic heterocycles. The lowest BCUT2D eigenvalue weighted by Gasteiger charge is -2.23. The Morgan fingerprint density at radius 3 is 2.89 bits per heavy atom. The fraction of sp³-hybridized carbons (Fsp3) is 0.533. The molecule has 0 bridgehead atoms. The zero-order valence-corrected chi connectivity index (χ0v) is 10.9. The quantitative estimate of drug-likeness (QED) is 0.817. The van der Waals surface area contributed by atoms with Gasteiger partial charge in [0.25, 0.3) is 5.91 Å². The van der Waals surface area contributed by atoms with Crippen LogP contribution in [-0.2, 0) is 0 Å². The highest BCUT2D eigenvalue weighted by atomic mass is 16.2. The molecule has 18 heavy (non-hydrogen) atoms. The van der Waals surface area contributed by atoms with E-state index in [2.05, 4.69) is 5.32 Å². The largest absolute Gasteiger partial charge is 0.338 e. The summed E-state index contributed by atoms with van der Waals surface area (Å²) >= 11 is 0. The molecule has 0 saturated carbocycles. The van der Waals surface area contributed by atoms with E-state index in [4.69, 9.17) is 0 Å². The fourth-order valence-corrected chi connectivity index (χ4v) is 3.24. The van der Waals surface area contributed by atoms with Crippen molar-refractivity contribution in [3.63, 3.8) is 0 Å². The molecule has 2 heterocycles. The van der Waals surface area contributed by atoms with E-state index in [1.807, 2.05) is 36.1 Å². The molecule has 0 aliphatic carbocycles. The van der Waals surface area contributed by atoms with E-state index in [0.29, 0.717) is 5.41 Å². The monoisotopic (exact) mass is 244 g/mol. The number of rotatable bonds is 1. The van der Waals surface area contributed by atoms with Crippen LogP contribution in [0.5, 0.6) is 0 Å². The molecule has 1 spiro atoms. The Balaban J connectivity index is 1.77. The van der Waals surface area contributed by atoms with Crippen molar-refractivity contribution in [2.24, 2.45) is 5.41 Å². The lowest BCUT2D eigenvalue weighted by Crippen LogP contribution is -2.33. The van der Waals surface area contributed by atoms with Gasteiger partial charge in [-0.05, 0) is 37.9 Å². The third-order valence-electron chi connectivity index (χ3n) is 4.43. The van der Waals surface area contributed by atoms with Crippen molar-refractivity contribution in [2.75, 3.05) is 26.2 Å². The highest BCUT2D eigenvalue weighted by Crippen LogP contribution is 2.36. The van der Waals surface area contributed by atoms with Gasteiger partial charge in [0.1, 0.15) is 0 Å².